The molecule has 0 aliphatic carbocycles. The number of nitrogens with one attached hydrogen (secondary N) is 2. The minimum atomic E-state index is -0.868. The molecule has 4 amide bonds. The molecule has 4 rings (SSSR count). The summed E-state index contributed by atoms with van der Waals surface area (Å²) in [5.74, 6) is -2.70. The molecule has 166 valence electrons. The Balaban J connectivity index is 1.44. The van der Waals surface area contributed by atoms with Gasteiger partial charge in [-0.2, -0.15) is 0 Å². The highest BCUT2D eigenvalue weighted by Crippen LogP contribution is 2.30. The van der Waals surface area contributed by atoms with Crippen LogP contribution in [-0.4, -0.2) is 34.8 Å². The molecule has 8 nitrogen and oxygen atoms in total. The molecule has 0 aromatic heterocycles. The number of fused-ring (bicyclic) bond motifs is 1. The molecule has 32 heavy (non-hydrogen) atoms. The van der Waals surface area contributed by atoms with Crippen LogP contribution in [0.5, 0.6) is 0 Å². The van der Waals surface area contributed by atoms with Crippen LogP contribution < -0.4 is 10.6 Å². The highest BCUT2D eigenvalue weighted by molar-refractivity contribution is 6.05. The third-order valence-electron chi connectivity index (χ3n) is 5.32. The topological polar surface area (TPSA) is 105 Å². The number of anilines is 1. The van der Waals surface area contributed by atoms with Crippen LogP contribution in [0.2, 0.25) is 0 Å². The van der Waals surface area contributed by atoms with Crippen molar-refractivity contribution in [3.8, 4) is 0 Å². The minimum absolute atomic E-state index is 0.0782. The number of hydrogen-bond donors (Lipinski definition) is 2. The zero-order chi connectivity index (χ0) is 23.0. The summed E-state index contributed by atoms with van der Waals surface area (Å²) < 4.78 is 33.2. The van der Waals surface area contributed by atoms with Crippen LogP contribution in [0.25, 0.3) is 0 Å². The largest absolute Gasteiger partial charge is 0.444 e. The van der Waals surface area contributed by atoms with Crippen molar-refractivity contribution in [3.05, 3.63) is 64.2 Å². The minimum Gasteiger partial charge on any atom is -0.444 e. The van der Waals surface area contributed by atoms with E-state index in [-0.39, 0.29) is 48.4 Å². The molecule has 10 heteroatoms. The normalized spacial score (nSPS) is 17.8. The summed E-state index contributed by atoms with van der Waals surface area (Å²) in [6, 6.07) is 5.70. The molecule has 2 aromatic rings. The molecule has 1 fully saturated rings. The Hall–Kier alpha value is -3.82. The zero-order valence-electron chi connectivity index (χ0n) is 17.0. The Bertz CT molecular complexity index is 1130. The molecule has 1 saturated heterocycles. The fourth-order valence-corrected chi connectivity index (χ4v) is 3.87. The van der Waals surface area contributed by atoms with Gasteiger partial charge in [-0.1, -0.05) is 0 Å². The molecule has 0 bridgehead atoms. The fourth-order valence-electron chi connectivity index (χ4n) is 3.87. The summed E-state index contributed by atoms with van der Waals surface area (Å²) in [5, 5.41) is 4.57. The predicted molar refractivity (Wildman–Crippen MR) is 107 cm³/mol. The second-order valence-corrected chi connectivity index (χ2v) is 7.72. The maximum Gasteiger partial charge on any atom is 0.411 e. The quantitative estimate of drug-likeness (QED) is 0.707. The molecule has 2 N–H and O–H groups in total. The molecular formula is C22H19F2N3O5. The average Bonchev–Trinajstić information content (AvgIpc) is 3.03. The first-order valence-corrected chi connectivity index (χ1v) is 9.88. The van der Waals surface area contributed by atoms with Gasteiger partial charge in [-0.25, -0.2) is 13.6 Å². The number of piperidine rings is 1. The Morgan fingerprint density at radius 2 is 1.97 bits per heavy atom. The van der Waals surface area contributed by atoms with Crippen molar-refractivity contribution >= 4 is 29.5 Å². The summed E-state index contributed by atoms with van der Waals surface area (Å²) in [7, 11) is 0. The lowest BCUT2D eigenvalue weighted by Crippen LogP contribution is -2.52. The molecule has 2 aliphatic heterocycles. The number of hydrogen-bond acceptors (Lipinski definition) is 5. The van der Waals surface area contributed by atoms with Crippen LogP contribution in [0, 0.1) is 18.6 Å². The number of halogens is 2. The lowest BCUT2D eigenvalue weighted by molar-refractivity contribution is -0.136. The third kappa shape index (κ3) is 4.29. The molecule has 2 aromatic carbocycles. The second-order valence-electron chi connectivity index (χ2n) is 7.72. The highest BCUT2D eigenvalue weighted by atomic mass is 19.1. The van der Waals surface area contributed by atoms with Gasteiger partial charge in [0.05, 0.1) is 6.54 Å². The van der Waals surface area contributed by atoms with Crippen LogP contribution in [0.4, 0.5) is 19.3 Å². The number of ether oxygens (including phenoxy) is 1. The van der Waals surface area contributed by atoms with Crippen molar-refractivity contribution in [2.24, 2.45) is 0 Å². The number of nitrogens with zero attached hydrogens (tertiary/aromatic N) is 1. The summed E-state index contributed by atoms with van der Waals surface area (Å²) in [5.41, 5.74) is 1.28. The van der Waals surface area contributed by atoms with E-state index in [2.05, 4.69) is 10.6 Å². The lowest BCUT2D eigenvalue weighted by atomic mass is 10.0. The number of imide groups is 1. The van der Waals surface area contributed by atoms with E-state index in [1.807, 2.05) is 0 Å². The van der Waals surface area contributed by atoms with E-state index in [4.69, 9.17) is 4.74 Å². The van der Waals surface area contributed by atoms with Crippen LogP contribution in [0.3, 0.4) is 0 Å². The molecule has 2 aliphatic rings. The van der Waals surface area contributed by atoms with Crippen LogP contribution in [0.1, 0.15) is 39.9 Å². The number of carbonyl (C=O) groups is 4. The van der Waals surface area contributed by atoms with Gasteiger partial charge in [0.1, 0.15) is 24.3 Å². The van der Waals surface area contributed by atoms with E-state index in [9.17, 15) is 28.0 Å². The van der Waals surface area contributed by atoms with Gasteiger partial charge in [0.25, 0.3) is 5.91 Å². The maximum absolute atomic E-state index is 14.7. The van der Waals surface area contributed by atoms with Gasteiger partial charge in [-0.05, 0) is 54.8 Å². The standard InChI is InChI=1S/C22H19F2N3O5/c1-11-4-13(23)8-14(5-11)25-22(31)32-10-12-6-15-16(17(24)7-12)9-27(21(15)30)18-2-3-19(28)26-20(18)29/h4-8,18H,2-3,9-10H2,1H3,(H,25,31)(H,26,28,29). The molecular weight excluding hydrogens is 424 g/mol. The maximum atomic E-state index is 14.7. The SMILES string of the molecule is Cc1cc(F)cc(NC(=O)OCc2cc(F)c3c(c2)C(=O)N(C2CCC(=O)NC2=O)C3)c1. The van der Waals surface area contributed by atoms with Gasteiger partial charge in [0.15, 0.2) is 0 Å². The van der Waals surface area contributed by atoms with E-state index >= 15 is 0 Å². The van der Waals surface area contributed by atoms with Gasteiger partial charge in [0.2, 0.25) is 11.8 Å². The highest BCUT2D eigenvalue weighted by Gasteiger charge is 2.40. The van der Waals surface area contributed by atoms with Crippen molar-refractivity contribution in [2.75, 3.05) is 5.32 Å². The Morgan fingerprint density at radius 3 is 2.69 bits per heavy atom. The summed E-state index contributed by atoms with van der Waals surface area (Å²) in [6.45, 7) is 1.25. The van der Waals surface area contributed by atoms with Crippen molar-refractivity contribution in [2.45, 2.75) is 39.0 Å². The predicted octanol–water partition coefficient (Wildman–Crippen LogP) is 2.78. The Morgan fingerprint density at radius 1 is 1.19 bits per heavy atom. The molecule has 0 spiro atoms. The van der Waals surface area contributed by atoms with Crippen molar-refractivity contribution in [3.63, 3.8) is 0 Å². The zero-order valence-corrected chi connectivity index (χ0v) is 17.0. The Kier molecular flexibility index (Phi) is 5.60. The van der Waals surface area contributed by atoms with Gasteiger partial charge in [-0.15, -0.1) is 0 Å². The van der Waals surface area contributed by atoms with Gasteiger partial charge in [-0.3, -0.25) is 25.0 Å². The van der Waals surface area contributed by atoms with Gasteiger partial charge >= 0.3 is 6.09 Å². The third-order valence-corrected chi connectivity index (χ3v) is 5.32. The molecule has 1 unspecified atom stereocenters. The van der Waals surface area contributed by atoms with E-state index in [0.717, 1.165) is 12.1 Å². The van der Waals surface area contributed by atoms with E-state index in [1.54, 1.807) is 13.0 Å². The van der Waals surface area contributed by atoms with Gasteiger partial charge in [0, 0.05) is 23.2 Å². The van der Waals surface area contributed by atoms with Gasteiger partial charge < -0.3 is 9.64 Å². The number of aryl methyl sites for hydroxylation is 1. The molecule has 1 atom stereocenters. The van der Waals surface area contributed by atoms with E-state index < -0.39 is 41.5 Å². The summed E-state index contributed by atoms with van der Waals surface area (Å²) >= 11 is 0. The Labute approximate surface area is 181 Å². The second kappa shape index (κ2) is 8.37. The van der Waals surface area contributed by atoms with Crippen LogP contribution >= 0.6 is 0 Å². The van der Waals surface area contributed by atoms with E-state index in [1.165, 1.54) is 17.0 Å². The number of benzene rings is 2. The number of amides is 4. The number of carbonyl (C=O) groups excluding carboxylic acids is 4. The summed E-state index contributed by atoms with van der Waals surface area (Å²) in [6.07, 6.45) is -0.604. The van der Waals surface area contributed by atoms with Crippen LogP contribution in [-0.2, 0) is 27.5 Å². The number of rotatable bonds is 4. The molecule has 2 heterocycles. The monoisotopic (exact) mass is 443 g/mol. The fraction of sp³-hybridized carbons (Fsp3) is 0.273. The van der Waals surface area contributed by atoms with E-state index in [0.29, 0.717) is 5.56 Å². The molecule has 0 saturated carbocycles. The first-order chi connectivity index (χ1) is 15.2. The smallest absolute Gasteiger partial charge is 0.411 e. The lowest BCUT2D eigenvalue weighted by Gasteiger charge is -2.29. The molecule has 0 radical (unpaired) electrons. The van der Waals surface area contributed by atoms with Crippen molar-refractivity contribution in [1.29, 1.82) is 0 Å². The summed E-state index contributed by atoms with van der Waals surface area (Å²) in [4.78, 5) is 49.5. The van der Waals surface area contributed by atoms with Crippen LogP contribution in [0.15, 0.2) is 30.3 Å². The first kappa shape index (κ1) is 21.4. The van der Waals surface area contributed by atoms with Crippen molar-refractivity contribution in [1.82, 2.24) is 10.2 Å². The average molecular weight is 443 g/mol. The first-order valence-electron chi connectivity index (χ1n) is 9.88. The van der Waals surface area contributed by atoms with Crippen molar-refractivity contribution < 1.29 is 32.7 Å².